The van der Waals surface area contributed by atoms with Crippen LogP contribution >= 0.6 is 11.3 Å². The SMILES string of the molecule is CC[C@@H]1c2ccsc2CCN1Cc1ccn(-c2ccccc2)n1. The Labute approximate surface area is 141 Å². The molecule has 23 heavy (non-hydrogen) atoms. The molecule has 1 aliphatic rings. The molecule has 118 valence electrons. The van der Waals surface area contributed by atoms with Gasteiger partial charge in [-0.1, -0.05) is 25.1 Å². The molecule has 3 heterocycles. The lowest BCUT2D eigenvalue weighted by Crippen LogP contribution is -2.34. The monoisotopic (exact) mass is 323 g/mol. The van der Waals surface area contributed by atoms with Crippen molar-refractivity contribution in [2.75, 3.05) is 6.54 Å². The molecule has 0 amide bonds. The van der Waals surface area contributed by atoms with E-state index in [0.29, 0.717) is 6.04 Å². The van der Waals surface area contributed by atoms with Gasteiger partial charge in [0.25, 0.3) is 0 Å². The van der Waals surface area contributed by atoms with Crippen molar-refractivity contribution in [2.45, 2.75) is 32.4 Å². The Bertz CT molecular complexity index is 775. The minimum atomic E-state index is 0.534. The minimum Gasteiger partial charge on any atom is -0.290 e. The largest absolute Gasteiger partial charge is 0.290 e. The summed E-state index contributed by atoms with van der Waals surface area (Å²) in [6, 6.07) is 15.3. The van der Waals surface area contributed by atoms with Gasteiger partial charge in [0.15, 0.2) is 0 Å². The van der Waals surface area contributed by atoms with Crippen LogP contribution in [0.25, 0.3) is 5.69 Å². The summed E-state index contributed by atoms with van der Waals surface area (Å²) in [4.78, 5) is 4.15. The van der Waals surface area contributed by atoms with Crippen LogP contribution in [-0.4, -0.2) is 21.2 Å². The maximum Gasteiger partial charge on any atom is 0.0769 e. The molecule has 3 nitrogen and oxygen atoms in total. The maximum absolute atomic E-state index is 4.76. The number of hydrogen-bond acceptors (Lipinski definition) is 3. The number of hydrogen-bond donors (Lipinski definition) is 0. The Morgan fingerprint density at radius 1 is 1.17 bits per heavy atom. The first kappa shape index (κ1) is 14.7. The van der Waals surface area contributed by atoms with E-state index in [1.165, 1.54) is 12.0 Å². The van der Waals surface area contributed by atoms with Gasteiger partial charge in [0.2, 0.25) is 0 Å². The molecule has 0 spiro atoms. The Hall–Kier alpha value is -1.91. The second-order valence-electron chi connectivity index (χ2n) is 6.03. The molecule has 0 aliphatic carbocycles. The summed E-state index contributed by atoms with van der Waals surface area (Å²) in [6.45, 7) is 4.34. The van der Waals surface area contributed by atoms with Crippen molar-refractivity contribution in [3.63, 3.8) is 0 Å². The molecule has 1 aromatic carbocycles. The third kappa shape index (κ3) is 2.84. The van der Waals surface area contributed by atoms with Gasteiger partial charge in [-0.3, -0.25) is 4.90 Å². The van der Waals surface area contributed by atoms with Crippen LogP contribution < -0.4 is 0 Å². The number of nitrogens with zero attached hydrogens (tertiary/aromatic N) is 3. The van der Waals surface area contributed by atoms with Crippen LogP contribution in [0.1, 0.15) is 35.5 Å². The van der Waals surface area contributed by atoms with Crippen molar-refractivity contribution >= 4 is 11.3 Å². The highest BCUT2D eigenvalue weighted by atomic mass is 32.1. The standard InChI is InChI=1S/C19H21N3S/c1-2-18-17-10-13-23-19(17)9-11-21(18)14-15-8-12-22(20-15)16-6-4-3-5-7-16/h3-8,10,12-13,18H,2,9,11,14H2,1H3/t18-/m1/s1. The minimum absolute atomic E-state index is 0.534. The van der Waals surface area contributed by atoms with Crippen molar-refractivity contribution in [1.82, 2.24) is 14.7 Å². The van der Waals surface area contributed by atoms with E-state index in [0.717, 1.165) is 30.9 Å². The van der Waals surface area contributed by atoms with E-state index in [-0.39, 0.29) is 0 Å². The van der Waals surface area contributed by atoms with Crippen molar-refractivity contribution in [3.05, 3.63) is 70.2 Å². The number of rotatable bonds is 4. The van der Waals surface area contributed by atoms with Gasteiger partial charge in [0.05, 0.1) is 11.4 Å². The number of fused-ring (bicyclic) bond motifs is 1. The summed E-state index contributed by atoms with van der Waals surface area (Å²) in [5.41, 5.74) is 3.79. The van der Waals surface area contributed by atoms with Crippen LogP contribution in [0.3, 0.4) is 0 Å². The van der Waals surface area contributed by atoms with Crippen LogP contribution in [-0.2, 0) is 13.0 Å². The fourth-order valence-corrected chi connectivity index (χ4v) is 4.42. The molecule has 0 N–H and O–H groups in total. The zero-order valence-corrected chi connectivity index (χ0v) is 14.2. The van der Waals surface area contributed by atoms with E-state index in [1.54, 1.807) is 4.88 Å². The van der Waals surface area contributed by atoms with Crippen LogP contribution in [0.4, 0.5) is 0 Å². The first-order chi connectivity index (χ1) is 11.3. The first-order valence-electron chi connectivity index (χ1n) is 8.25. The Morgan fingerprint density at radius 3 is 2.87 bits per heavy atom. The van der Waals surface area contributed by atoms with Crippen molar-refractivity contribution < 1.29 is 0 Å². The average molecular weight is 323 g/mol. The highest BCUT2D eigenvalue weighted by Crippen LogP contribution is 2.35. The topological polar surface area (TPSA) is 21.1 Å². The van der Waals surface area contributed by atoms with E-state index in [9.17, 15) is 0 Å². The molecule has 2 aromatic heterocycles. The molecule has 0 bridgehead atoms. The summed E-state index contributed by atoms with van der Waals surface area (Å²) in [7, 11) is 0. The van der Waals surface area contributed by atoms with Gasteiger partial charge in [-0.15, -0.1) is 11.3 Å². The normalized spacial score (nSPS) is 18.0. The summed E-state index contributed by atoms with van der Waals surface area (Å²) >= 11 is 1.91. The predicted octanol–water partition coefficient (Wildman–Crippen LogP) is 4.44. The summed E-state index contributed by atoms with van der Waals surface area (Å²) < 4.78 is 1.97. The van der Waals surface area contributed by atoms with Gasteiger partial charge in [0, 0.05) is 30.2 Å². The van der Waals surface area contributed by atoms with Gasteiger partial charge in [0.1, 0.15) is 0 Å². The number of aromatic nitrogens is 2. The zero-order chi connectivity index (χ0) is 15.6. The summed E-state index contributed by atoms with van der Waals surface area (Å²) in [6.07, 6.45) is 4.39. The molecule has 0 saturated carbocycles. The molecular formula is C19H21N3S. The van der Waals surface area contributed by atoms with Gasteiger partial charge >= 0.3 is 0 Å². The number of benzene rings is 1. The Morgan fingerprint density at radius 2 is 2.04 bits per heavy atom. The molecule has 0 radical (unpaired) electrons. The third-order valence-corrected chi connectivity index (χ3v) is 5.62. The first-order valence-corrected chi connectivity index (χ1v) is 9.13. The van der Waals surface area contributed by atoms with Crippen molar-refractivity contribution in [3.8, 4) is 5.69 Å². The molecule has 0 saturated heterocycles. The lowest BCUT2D eigenvalue weighted by atomic mass is 9.98. The smallest absolute Gasteiger partial charge is 0.0769 e. The van der Waals surface area contributed by atoms with Gasteiger partial charge in [-0.25, -0.2) is 4.68 Å². The molecular weight excluding hydrogens is 302 g/mol. The quantitative estimate of drug-likeness (QED) is 0.707. The molecule has 1 atom stereocenters. The highest BCUT2D eigenvalue weighted by molar-refractivity contribution is 7.10. The van der Waals surface area contributed by atoms with Gasteiger partial charge in [-0.05, 0) is 48.1 Å². The number of para-hydroxylation sites is 1. The van der Waals surface area contributed by atoms with Crippen LogP contribution in [0.2, 0.25) is 0 Å². The highest BCUT2D eigenvalue weighted by Gasteiger charge is 2.27. The van der Waals surface area contributed by atoms with E-state index < -0.39 is 0 Å². The molecule has 0 unspecified atom stereocenters. The Kier molecular flexibility index (Phi) is 4.02. The zero-order valence-electron chi connectivity index (χ0n) is 13.4. The average Bonchev–Trinajstić information content (AvgIpc) is 3.24. The van der Waals surface area contributed by atoms with E-state index in [1.807, 2.05) is 34.2 Å². The van der Waals surface area contributed by atoms with Crippen LogP contribution in [0, 0.1) is 0 Å². The van der Waals surface area contributed by atoms with E-state index >= 15 is 0 Å². The molecule has 1 aliphatic heterocycles. The lowest BCUT2D eigenvalue weighted by molar-refractivity contribution is 0.170. The second kappa shape index (κ2) is 6.30. The van der Waals surface area contributed by atoms with Crippen molar-refractivity contribution in [1.29, 1.82) is 0 Å². The summed E-state index contributed by atoms with van der Waals surface area (Å²) in [5, 5.41) is 7.00. The van der Waals surface area contributed by atoms with E-state index in [4.69, 9.17) is 5.10 Å². The van der Waals surface area contributed by atoms with Crippen LogP contribution in [0.5, 0.6) is 0 Å². The maximum atomic E-state index is 4.76. The fraction of sp³-hybridized carbons (Fsp3) is 0.316. The molecule has 0 fully saturated rings. The van der Waals surface area contributed by atoms with E-state index in [2.05, 4.69) is 47.7 Å². The molecule has 4 heteroatoms. The second-order valence-corrected chi connectivity index (χ2v) is 7.03. The lowest BCUT2D eigenvalue weighted by Gasteiger charge is -2.34. The number of thiophene rings is 1. The molecule has 3 aromatic rings. The van der Waals surface area contributed by atoms with Crippen LogP contribution in [0.15, 0.2) is 54.0 Å². The third-order valence-electron chi connectivity index (χ3n) is 4.62. The predicted molar refractivity (Wildman–Crippen MR) is 95.0 cm³/mol. The molecule has 4 rings (SSSR count). The van der Waals surface area contributed by atoms with Gasteiger partial charge in [-0.2, -0.15) is 5.10 Å². The van der Waals surface area contributed by atoms with Gasteiger partial charge < -0.3 is 0 Å². The fourth-order valence-electron chi connectivity index (χ4n) is 3.49. The Balaban J connectivity index is 1.54. The van der Waals surface area contributed by atoms with Crippen molar-refractivity contribution in [2.24, 2.45) is 0 Å². The summed E-state index contributed by atoms with van der Waals surface area (Å²) in [5.74, 6) is 0.